The molecule has 21 heavy (non-hydrogen) atoms. The van der Waals surface area contributed by atoms with Gasteiger partial charge in [-0.15, -0.1) is 0 Å². The van der Waals surface area contributed by atoms with Gasteiger partial charge >= 0.3 is 5.97 Å². The fraction of sp³-hybridized carbons (Fsp3) is 0.375. The Bertz CT molecular complexity index is 601. The number of carbonyl (C=O) groups is 2. The maximum atomic E-state index is 12.0. The maximum absolute atomic E-state index is 12.0. The zero-order valence-electron chi connectivity index (χ0n) is 11.8. The predicted molar refractivity (Wildman–Crippen MR) is 75.9 cm³/mol. The minimum atomic E-state index is -1.14. The Morgan fingerprint density at radius 3 is 2.48 bits per heavy atom. The van der Waals surface area contributed by atoms with Crippen LogP contribution in [0.25, 0.3) is 0 Å². The molecule has 1 saturated carbocycles. The van der Waals surface area contributed by atoms with E-state index in [4.69, 9.17) is 9.84 Å². The second-order valence-corrected chi connectivity index (χ2v) is 5.44. The number of hydrogen-bond donors (Lipinski definition) is 1. The molecule has 3 rings (SSSR count). The van der Waals surface area contributed by atoms with E-state index in [0.717, 1.165) is 24.2 Å². The lowest BCUT2D eigenvalue weighted by Crippen LogP contribution is -2.34. The summed E-state index contributed by atoms with van der Waals surface area (Å²) in [5.41, 5.74) is 0.906. The third kappa shape index (κ3) is 2.63. The van der Waals surface area contributed by atoms with E-state index in [2.05, 4.69) is 0 Å². The average Bonchev–Trinajstić information content (AvgIpc) is 3.31. The van der Waals surface area contributed by atoms with Crippen molar-refractivity contribution in [1.29, 1.82) is 0 Å². The molecule has 0 bridgehead atoms. The molecule has 0 radical (unpaired) electrons. The molecule has 1 aliphatic carbocycles. The number of rotatable bonds is 4. The first kappa shape index (κ1) is 13.7. The minimum absolute atomic E-state index is 0.0843. The number of Topliss-reactive ketones (excluding diaryl/α,β-unsaturated/α-hetero) is 1. The molecule has 1 unspecified atom stereocenters. The molecule has 2 aliphatic rings. The van der Waals surface area contributed by atoms with E-state index < -0.39 is 5.97 Å². The van der Waals surface area contributed by atoms with Crippen molar-refractivity contribution >= 4 is 11.8 Å². The molecule has 1 heterocycles. The van der Waals surface area contributed by atoms with Crippen LogP contribution in [0.4, 0.5) is 0 Å². The zero-order chi connectivity index (χ0) is 15.0. The molecule has 5 nitrogen and oxygen atoms in total. The van der Waals surface area contributed by atoms with E-state index in [-0.39, 0.29) is 23.8 Å². The number of aliphatic carboxylic acids is 1. The first-order valence-corrected chi connectivity index (χ1v) is 7.00. The number of carboxylic acid groups (broad SMARTS) is 1. The van der Waals surface area contributed by atoms with Gasteiger partial charge in [0.05, 0.1) is 13.2 Å². The molecule has 1 N–H and O–H groups in total. The number of nitrogens with zero attached hydrogens (tertiary/aromatic N) is 1. The van der Waals surface area contributed by atoms with Crippen molar-refractivity contribution in [3.63, 3.8) is 0 Å². The van der Waals surface area contributed by atoms with Crippen LogP contribution in [-0.4, -0.2) is 34.9 Å². The van der Waals surface area contributed by atoms with Gasteiger partial charge in [0.1, 0.15) is 11.3 Å². The quantitative estimate of drug-likeness (QED) is 0.859. The summed E-state index contributed by atoms with van der Waals surface area (Å²) in [6, 6.07) is 7.86. The number of carbonyl (C=O) groups excluding carboxylic acids is 1. The van der Waals surface area contributed by atoms with Gasteiger partial charge in [-0.25, -0.2) is 4.79 Å². The number of benzene rings is 1. The highest BCUT2D eigenvalue weighted by Gasteiger charge is 2.39. The second-order valence-electron chi connectivity index (χ2n) is 5.44. The van der Waals surface area contributed by atoms with E-state index in [1.54, 1.807) is 7.11 Å². The number of hydrogen-bond acceptors (Lipinski definition) is 4. The number of carboxylic acids is 1. The third-order valence-electron chi connectivity index (χ3n) is 4.02. The Hall–Kier alpha value is -2.30. The zero-order valence-corrected chi connectivity index (χ0v) is 11.8. The van der Waals surface area contributed by atoms with Gasteiger partial charge in [-0.1, -0.05) is 12.1 Å². The van der Waals surface area contributed by atoms with Crippen molar-refractivity contribution < 1.29 is 19.4 Å². The Labute approximate surface area is 122 Å². The molecule has 0 aromatic heterocycles. The fourth-order valence-corrected chi connectivity index (χ4v) is 2.73. The topological polar surface area (TPSA) is 66.8 Å². The summed E-state index contributed by atoms with van der Waals surface area (Å²) < 4.78 is 5.14. The van der Waals surface area contributed by atoms with Gasteiger partial charge in [-0.3, -0.25) is 4.79 Å². The molecule has 1 aliphatic heterocycles. The molecule has 5 heteroatoms. The Morgan fingerprint density at radius 1 is 1.29 bits per heavy atom. The molecule has 0 saturated heterocycles. The monoisotopic (exact) mass is 287 g/mol. The highest BCUT2D eigenvalue weighted by Crippen LogP contribution is 2.40. The van der Waals surface area contributed by atoms with Gasteiger partial charge < -0.3 is 14.7 Å². The Morgan fingerprint density at radius 2 is 1.95 bits per heavy atom. The Kier molecular flexibility index (Phi) is 3.41. The van der Waals surface area contributed by atoms with Crippen LogP contribution >= 0.6 is 0 Å². The highest BCUT2D eigenvalue weighted by molar-refractivity contribution is 6.17. The van der Waals surface area contributed by atoms with Gasteiger partial charge in [-0.05, 0) is 30.5 Å². The summed E-state index contributed by atoms with van der Waals surface area (Å²) in [7, 11) is 1.61. The van der Waals surface area contributed by atoms with Gasteiger partial charge in [0.2, 0.25) is 0 Å². The van der Waals surface area contributed by atoms with Crippen molar-refractivity contribution in [2.45, 2.75) is 31.3 Å². The van der Waals surface area contributed by atoms with E-state index >= 15 is 0 Å². The summed E-state index contributed by atoms with van der Waals surface area (Å²) in [6.45, 7) is 0. The lowest BCUT2D eigenvalue weighted by molar-refractivity contribution is -0.135. The Balaban J connectivity index is 1.93. The molecule has 0 spiro atoms. The number of ketones is 1. The lowest BCUT2D eigenvalue weighted by atomic mass is 9.93. The smallest absolute Gasteiger partial charge is 0.340 e. The predicted octanol–water partition coefficient (Wildman–Crippen LogP) is 2.14. The first-order valence-electron chi connectivity index (χ1n) is 7.00. The summed E-state index contributed by atoms with van der Waals surface area (Å²) in [6.07, 6.45) is 3.83. The van der Waals surface area contributed by atoms with Crippen LogP contribution in [0.5, 0.6) is 5.75 Å². The maximum Gasteiger partial charge on any atom is 0.340 e. The van der Waals surface area contributed by atoms with Gasteiger partial charge in [0.25, 0.3) is 0 Å². The molecule has 1 fully saturated rings. The standard InChI is InChI=1S/C16H17NO4/c1-21-12-6-2-10(3-7-12)14-8-15(18)13(16(19)20)9-17(14)11-4-5-11/h2-3,6-7,9,11,14H,4-5,8H2,1H3,(H,19,20). The summed E-state index contributed by atoms with van der Waals surface area (Å²) >= 11 is 0. The van der Waals surface area contributed by atoms with Crippen molar-refractivity contribution in [3.05, 3.63) is 41.6 Å². The lowest BCUT2D eigenvalue weighted by Gasteiger charge is -2.34. The van der Waals surface area contributed by atoms with E-state index in [0.29, 0.717) is 6.04 Å². The van der Waals surface area contributed by atoms with Crippen LogP contribution in [0.1, 0.15) is 30.9 Å². The van der Waals surface area contributed by atoms with Crippen LogP contribution in [0.3, 0.4) is 0 Å². The van der Waals surface area contributed by atoms with Crippen molar-refractivity contribution in [2.75, 3.05) is 7.11 Å². The van der Waals surface area contributed by atoms with Gasteiger partial charge in [0.15, 0.2) is 5.78 Å². The highest BCUT2D eigenvalue weighted by atomic mass is 16.5. The van der Waals surface area contributed by atoms with E-state index in [1.165, 1.54) is 6.20 Å². The third-order valence-corrected chi connectivity index (χ3v) is 4.02. The molecule has 110 valence electrons. The minimum Gasteiger partial charge on any atom is -0.497 e. The number of ether oxygens (including phenoxy) is 1. The van der Waals surface area contributed by atoms with Crippen LogP contribution in [-0.2, 0) is 9.59 Å². The molecule has 1 atom stereocenters. The largest absolute Gasteiger partial charge is 0.497 e. The molecule has 1 aromatic rings. The molecular weight excluding hydrogens is 270 g/mol. The van der Waals surface area contributed by atoms with Crippen LogP contribution in [0.15, 0.2) is 36.0 Å². The average molecular weight is 287 g/mol. The van der Waals surface area contributed by atoms with Crippen molar-refractivity contribution in [3.8, 4) is 5.75 Å². The SMILES string of the molecule is COc1ccc(C2CC(=O)C(C(=O)O)=CN2C2CC2)cc1. The summed E-state index contributed by atoms with van der Waals surface area (Å²) in [5.74, 6) is -0.681. The van der Waals surface area contributed by atoms with Crippen molar-refractivity contribution in [2.24, 2.45) is 0 Å². The van der Waals surface area contributed by atoms with Gasteiger partial charge in [-0.2, -0.15) is 0 Å². The van der Waals surface area contributed by atoms with E-state index in [1.807, 2.05) is 29.2 Å². The van der Waals surface area contributed by atoms with Gasteiger partial charge in [0, 0.05) is 18.7 Å². The molecule has 1 aromatic carbocycles. The first-order chi connectivity index (χ1) is 10.1. The van der Waals surface area contributed by atoms with Crippen LogP contribution < -0.4 is 4.74 Å². The van der Waals surface area contributed by atoms with E-state index in [9.17, 15) is 9.59 Å². The van der Waals surface area contributed by atoms with Crippen molar-refractivity contribution in [1.82, 2.24) is 4.90 Å². The fourth-order valence-electron chi connectivity index (χ4n) is 2.73. The number of methoxy groups -OCH3 is 1. The van der Waals surface area contributed by atoms with Crippen LogP contribution in [0.2, 0.25) is 0 Å². The van der Waals surface area contributed by atoms with Crippen LogP contribution in [0, 0.1) is 0 Å². The normalized spacial score (nSPS) is 22.0. The summed E-state index contributed by atoms with van der Waals surface area (Å²) in [5, 5.41) is 9.12. The second kappa shape index (κ2) is 5.24. The summed E-state index contributed by atoms with van der Waals surface area (Å²) in [4.78, 5) is 25.2. The molecule has 0 amide bonds. The molecular formula is C16H17NO4.